The number of rotatable bonds is 2. The molecule has 3 aromatic rings. The van der Waals surface area contributed by atoms with E-state index in [1.165, 1.54) is 6.20 Å². The maximum absolute atomic E-state index is 9.88. The van der Waals surface area contributed by atoms with Crippen LogP contribution in [0.25, 0.3) is 22.4 Å². The highest BCUT2D eigenvalue weighted by atomic mass is 16.3. The predicted octanol–water partition coefficient (Wildman–Crippen LogP) is 2.22. The highest BCUT2D eigenvalue weighted by molar-refractivity contribution is 5.80. The van der Waals surface area contributed by atoms with Gasteiger partial charge in [-0.15, -0.1) is 0 Å². The second-order valence-corrected chi connectivity index (χ2v) is 3.94. The summed E-state index contributed by atoms with van der Waals surface area (Å²) in [7, 11) is 0. The van der Waals surface area contributed by atoms with Crippen LogP contribution in [-0.2, 0) is 6.54 Å². The Bertz CT molecular complexity index is 705. The molecule has 5 heteroatoms. The van der Waals surface area contributed by atoms with E-state index >= 15 is 0 Å². The number of hydrogen-bond acceptors (Lipinski definition) is 4. The second kappa shape index (κ2) is 4.10. The molecule has 5 nitrogen and oxygen atoms in total. The second-order valence-electron chi connectivity index (χ2n) is 3.94. The summed E-state index contributed by atoms with van der Waals surface area (Å²) in [4.78, 5) is 12.5. The Morgan fingerprint density at radius 3 is 2.72 bits per heavy atom. The fourth-order valence-electron chi connectivity index (χ4n) is 2.08. The Labute approximate surface area is 104 Å². The zero-order valence-electron chi connectivity index (χ0n) is 9.91. The molecular formula is C13H12N4O. The molecule has 0 radical (unpaired) electrons. The van der Waals surface area contributed by atoms with Crippen molar-refractivity contribution < 1.29 is 5.11 Å². The zero-order valence-corrected chi connectivity index (χ0v) is 9.91. The van der Waals surface area contributed by atoms with Crippen LogP contribution in [0, 0.1) is 0 Å². The summed E-state index contributed by atoms with van der Waals surface area (Å²) in [6, 6.07) is 3.68. The summed E-state index contributed by atoms with van der Waals surface area (Å²) in [5.74, 6) is 0.871. The minimum Gasteiger partial charge on any atom is -0.506 e. The van der Waals surface area contributed by atoms with Crippen molar-refractivity contribution in [1.82, 2.24) is 19.5 Å². The van der Waals surface area contributed by atoms with Gasteiger partial charge in [0.2, 0.25) is 0 Å². The molecule has 0 aliphatic carbocycles. The summed E-state index contributed by atoms with van der Waals surface area (Å²) in [5, 5.41) is 9.88. The first-order valence-electron chi connectivity index (χ1n) is 5.75. The van der Waals surface area contributed by atoms with Gasteiger partial charge in [-0.2, -0.15) is 0 Å². The van der Waals surface area contributed by atoms with Gasteiger partial charge in [0.15, 0.2) is 0 Å². The van der Waals surface area contributed by atoms with Crippen LogP contribution < -0.4 is 0 Å². The van der Waals surface area contributed by atoms with Crippen LogP contribution in [0.1, 0.15) is 6.92 Å². The summed E-state index contributed by atoms with van der Waals surface area (Å²) < 4.78 is 2.05. The van der Waals surface area contributed by atoms with Crippen LogP contribution in [0.15, 0.2) is 36.9 Å². The number of fused-ring (bicyclic) bond motifs is 1. The predicted molar refractivity (Wildman–Crippen MR) is 68.1 cm³/mol. The molecule has 0 aromatic carbocycles. The lowest BCUT2D eigenvalue weighted by molar-refractivity contribution is 0.474. The van der Waals surface area contributed by atoms with Crippen LogP contribution in [0.4, 0.5) is 0 Å². The topological polar surface area (TPSA) is 63.8 Å². The molecule has 3 heterocycles. The van der Waals surface area contributed by atoms with E-state index in [1.807, 2.05) is 17.6 Å². The first-order chi connectivity index (χ1) is 8.81. The summed E-state index contributed by atoms with van der Waals surface area (Å²) in [6.45, 7) is 2.82. The number of nitrogens with zero attached hydrogens (tertiary/aromatic N) is 4. The average Bonchev–Trinajstić information content (AvgIpc) is 2.77. The molecule has 1 N–H and O–H groups in total. The van der Waals surface area contributed by atoms with E-state index in [9.17, 15) is 5.11 Å². The largest absolute Gasteiger partial charge is 0.506 e. The Hall–Kier alpha value is -2.43. The molecule has 0 spiro atoms. The summed E-state index contributed by atoms with van der Waals surface area (Å²) in [6.07, 6.45) is 6.54. The van der Waals surface area contributed by atoms with Crippen LogP contribution >= 0.6 is 0 Å². The van der Waals surface area contributed by atoms with Gasteiger partial charge in [-0.1, -0.05) is 0 Å². The van der Waals surface area contributed by atoms with Crippen LogP contribution in [0.3, 0.4) is 0 Å². The lowest BCUT2D eigenvalue weighted by Crippen LogP contribution is -1.97. The molecule has 0 unspecified atom stereocenters. The average molecular weight is 240 g/mol. The van der Waals surface area contributed by atoms with E-state index in [0.717, 1.165) is 23.4 Å². The molecule has 0 saturated carbocycles. The Balaban J connectivity index is 2.32. The van der Waals surface area contributed by atoms with Gasteiger partial charge >= 0.3 is 0 Å². The third kappa shape index (κ3) is 1.52. The normalized spacial score (nSPS) is 10.9. The van der Waals surface area contributed by atoms with Crippen molar-refractivity contribution in [3.63, 3.8) is 0 Å². The van der Waals surface area contributed by atoms with Crippen molar-refractivity contribution in [3.05, 3.63) is 36.9 Å². The molecule has 0 bridgehead atoms. The standard InChI is InChI=1S/C13H12N4O/c1-2-17-11-4-6-14-7-10(11)16-13(17)9-3-5-15-8-12(9)18/h3-8,18H,2H2,1H3. The van der Waals surface area contributed by atoms with Gasteiger partial charge in [0, 0.05) is 18.9 Å². The van der Waals surface area contributed by atoms with E-state index in [-0.39, 0.29) is 5.75 Å². The molecule has 0 saturated heterocycles. The molecule has 3 aromatic heterocycles. The van der Waals surface area contributed by atoms with Crippen LogP contribution in [0.2, 0.25) is 0 Å². The van der Waals surface area contributed by atoms with Crippen molar-refractivity contribution in [2.24, 2.45) is 0 Å². The number of imidazole rings is 1. The molecule has 3 rings (SSSR count). The highest BCUT2D eigenvalue weighted by Gasteiger charge is 2.14. The monoisotopic (exact) mass is 240 g/mol. The molecular weight excluding hydrogens is 228 g/mol. The van der Waals surface area contributed by atoms with Gasteiger partial charge in [0.05, 0.1) is 23.5 Å². The Morgan fingerprint density at radius 2 is 1.94 bits per heavy atom. The fraction of sp³-hybridized carbons (Fsp3) is 0.154. The maximum atomic E-state index is 9.88. The van der Waals surface area contributed by atoms with Crippen molar-refractivity contribution in [1.29, 1.82) is 0 Å². The third-order valence-electron chi connectivity index (χ3n) is 2.91. The lowest BCUT2D eigenvalue weighted by Gasteiger charge is -2.06. The smallest absolute Gasteiger partial charge is 0.145 e. The van der Waals surface area contributed by atoms with Crippen molar-refractivity contribution in [2.75, 3.05) is 0 Å². The Kier molecular flexibility index (Phi) is 2.44. The van der Waals surface area contributed by atoms with Gasteiger partial charge in [-0.25, -0.2) is 4.98 Å². The molecule has 0 aliphatic heterocycles. The van der Waals surface area contributed by atoms with Crippen molar-refractivity contribution in [2.45, 2.75) is 13.5 Å². The van der Waals surface area contributed by atoms with E-state index in [0.29, 0.717) is 5.56 Å². The first-order valence-corrected chi connectivity index (χ1v) is 5.75. The lowest BCUT2D eigenvalue weighted by atomic mass is 10.2. The first kappa shape index (κ1) is 10.7. The van der Waals surface area contributed by atoms with E-state index in [2.05, 4.69) is 15.0 Å². The number of aromatic nitrogens is 4. The summed E-state index contributed by atoms with van der Waals surface area (Å²) >= 11 is 0. The zero-order chi connectivity index (χ0) is 12.5. The van der Waals surface area contributed by atoms with E-state index in [1.54, 1.807) is 24.7 Å². The molecule has 0 aliphatic rings. The molecule has 0 atom stereocenters. The van der Waals surface area contributed by atoms with Gasteiger partial charge in [-0.3, -0.25) is 9.97 Å². The van der Waals surface area contributed by atoms with Gasteiger partial charge < -0.3 is 9.67 Å². The number of pyridine rings is 2. The molecule has 18 heavy (non-hydrogen) atoms. The number of aryl methyl sites for hydroxylation is 1. The molecule has 0 fully saturated rings. The van der Waals surface area contributed by atoms with Gasteiger partial charge in [0.1, 0.15) is 17.1 Å². The van der Waals surface area contributed by atoms with E-state index < -0.39 is 0 Å². The SMILES string of the molecule is CCn1c(-c2ccncc2O)nc2cnccc21. The van der Waals surface area contributed by atoms with Gasteiger partial charge in [0.25, 0.3) is 0 Å². The third-order valence-corrected chi connectivity index (χ3v) is 2.91. The maximum Gasteiger partial charge on any atom is 0.145 e. The van der Waals surface area contributed by atoms with E-state index in [4.69, 9.17) is 0 Å². The number of hydrogen-bond donors (Lipinski definition) is 1. The van der Waals surface area contributed by atoms with Crippen LogP contribution in [0.5, 0.6) is 5.75 Å². The Morgan fingerprint density at radius 1 is 1.17 bits per heavy atom. The molecule has 0 amide bonds. The van der Waals surface area contributed by atoms with Crippen molar-refractivity contribution >= 4 is 11.0 Å². The van der Waals surface area contributed by atoms with Crippen LogP contribution in [-0.4, -0.2) is 24.6 Å². The minimum atomic E-state index is 0.135. The van der Waals surface area contributed by atoms with Gasteiger partial charge in [-0.05, 0) is 19.1 Å². The molecule has 90 valence electrons. The highest BCUT2D eigenvalue weighted by Crippen LogP contribution is 2.29. The van der Waals surface area contributed by atoms with Crippen molar-refractivity contribution in [3.8, 4) is 17.1 Å². The fourth-order valence-corrected chi connectivity index (χ4v) is 2.08. The number of aromatic hydroxyl groups is 1. The quantitative estimate of drug-likeness (QED) is 0.746. The summed E-state index contributed by atoms with van der Waals surface area (Å²) in [5.41, 5.74) is 2.52. The minimum absolute atomic E-state index is 0.135.